The van der Waals surface area contributed by atoms with Crippen molar-refractivity contribution in [2.75, 3.05) is 5.32 Å². The van der Waals surface area contributed by atoms with Crippen LogP contribution in [0.25, 0.3) is 0 Å². The SMILES string of the molecule is CC1(C)C2CCC1(C)C(Nc1ccc(Br)c(Cl)c1Cl)C2. The molecule has 3 unspecified atom stereocenters. The number of hydrogen-bond donors (Lipinski definition) is 1. The van der Waals surface area contributed by atoms with Crippen molar-refractivity contribution in [3.05, 3.63) is 26.7 Å². The van der Waals surface area contributed by atoms with Crippen molar-refractivity contribution in [2.45, 2.75) is 46.1 Å². The Labute approximate surface area is 139 Å². The van der Waals surface area contributed by atoms with Gasteiger partial charge in [-0.1, -0.05) is 44.0 Å². The van der Waals surface area contributed by atoms with Gasteiger partial charge in [0.2, 0.25) is 0 Å². The Hall–Kier alpha value is 0.0800. The Morgan fingerprint density at radius 1 is 1.20 bits per heavy atom. The third-order valence-corrected chi connectivity index (χ3v) is 7.93. The molecule has 2 fully saturated rings. The molecule has 0 heterocycles. The summed E-state index contributed by atoms with van der Waals surface area (Å²) in [6, 6.07) is 4.45. The molecule has 1 aromatic carbocycles. The van der Waals surface area contributed by atoms with Crippen LogP contribution in [-0.2, 0) is 0 Å². The predicted molar refractivity (Wildman–Crippen MR) is 90.8 cm³/mol. The molecule has 110 valence electrons. The van der Waals surface area contributed by atoms with Crippen molar-refractivity contribution in [2.24, 2.45) is 16.7 Å². The minimum absolute atomic E-state index is 0.334. The summed E-state index contributed by atoms with van der Waals surface area (Å²) in [6.07, 6.45) is 3.88. The first-order valence-electron chi connectivity index (χ1n) is 7.17. The first-order valence-corrected chi connectivity index (χ1v) is 8.72. The molecule has 0 saturated heterocycles. The highest BCUT2D eigenvalue weighted by atomic mass is 79.9. The predicted octanol–water partition coefficient (Wildman–Crippen LogP) is 6.38. The van der Waals surface area contributed by atoms with E-state index in [0.717, 1.165) is 16.1 Å². The van der Waals surface area contributed by atoms with E-state index in [-0.39, 0.29) is 0 Å². The fourth-order valence-electron chi connectivity index (χ4n) is 4.25. The number of nitrogens with one attached hydrogen (secondary N) is 1. The minimum Gasteiger partial charge on any atom is -0.380 e. The second-order valence-electron chi connectivity index (χ2n) is 7.03. The third kappa shape index (κ3) is 1.94. The second kappa shape index (κ2) is 4.79. The van der Waals surface area contributed by atoms with Gasteiger partial charge in [0.15, 0.2) is 0 Å². The molecule has 20 heavy (non-hydrogen) atoms. The quantitative estimate of drug-likeness (QED) is 0.590. The molecular weight excluding hydrogens is 357 g/mol. The molecule has 1 nitrogen and oxygen atoms in total. The minimum atomic E-state index is 0.334. The largest absolute Gasteiger partial charge is 0.380 e. The van der Waals surface area contributed by atoms with Gasteiger partial charge in [0.25, 0.3) is 0 Å². The fourth-order valence-corrected chi connectivity index (χ4v) is 5.08. The first-order chi connectivity index (χ1) is 9.27. The zero-order valence-corrected chi connectivity index (χ0v) is 15.2. The lowest BCUT2D eigenvalue weighted by molar-refractivity contribution is 0.142. The zero-order valence-electron chi connectivity index (χ0n) is 12.1. The van der Waals surface area contributed by atoms with Crippen LogP contribution in [0, 0.1) is 16.7 Å². The fraction of sp³-hybridized carbons (Fsp3) is 0.625. The molecule has 0 aromatic heterocycles. The van der Waals surface area contributed by atoms with E-state index in [1.807, 2.05) is 12.1 Å². The maximum Gasteiger partial charge on any atom is 0.0835 e. The van der Waals surface area contributed by atoms with Crippen LogP contribution >= 0.6 is 39.1 Å². The summed E-state index contributed by atoms with van der Waals surface area (Å²) >= 11 is 16.0. The van der Waals surface area contributed by atoms with Crippen molar-refractivity contribution in [1.82, 2.24) is 0 Å². The zero-order chi connectivity index (χ0) is 14.7. The topological polar surface area (TPSA) is 12.0 Å². The van der Waals surface area contributed by atoms with Gasteiger partial charge < -0.3 is 5.32 Å². The summed E-state index contributed by atoms with van der Waals surface area (Å²) < 4.78 is 0.842. The Balaban J connectivity index is 1.89. The summed E-state index contributed by atoms with van der Waals surface area (Å²) in [6.45, 7) is 7.26. The lowest BCUT2D eigenvalue weighted by Gasteiger charge is -2.40. The molecule has 1 aromatic rings. The molecule has 0 spiro atoms. The van der Waals surface area contributed by atoms with E-state index in [0.29, 0.717) is 26.9 Å². The van der Waals surface area contributed by atoms with E-state index in [1.54, 1.807) is 0 Å². The number of halogens is 3. The summed E-state index contributed by atoms with van der Waals surface area (Å²) in [5.41, 5.74) is 1.69. The number of anilines is 1. The summed E-state index contributed by atoms with van der Waals surface area (Å²) in [5, 5.41) is 4.87. The molecule has 2 aliphatic carbocycles. The maximum atomic E-state index is 6.37. The van der Waals surface area contributed by atoms with Gasteiger partial charge in [0, 0.05) is 10.5 Å². The molecule has 2 aliphatic rings. The van der Waals surface area contributed by atoms with Crippen LogP contribution in [0.3, 0.4) is 0 Å². The maximum absolute atomic E-state index is 6.37. The van der Waals surface area contributed by atoms with Crippen LogP contribution in [-0.4, -0.2) is 6.04 Å². The van der Waals surface area contributed by atoms with E-state index < -0.39 is 0 Å². The van der Waals surface area contributed by atoms with Crippen LogP contribution in [0.5, 0.6) is 0 Å². The highest BCUT2D eigenvalue weighted by Gasteiger charge is 2.61. The number of benzene rings is 1. The number of fused-ring (bicyclic) bond motifs is 2. The highest BCUT2D eigenvalue weighted by molar-refractivity contribution is 9.10. The average molecular weight is 377 g/mol. The summed E-state index contributed by atoms with van der Waals surface area (Å²) in [5.74, 6) is 0.815. The van der Waals surface area contributed by atoms with Gasteiger partial charge in [-0.15, -0.1) is 0 Å². The van der Waals surface area contributed by atoms with Gasteiger partial charge in [-0.05, 0) is 64.1 Å². The summed E-state index contributed by atoms with van der Waals surface area (Å²) in [7, 11) is 0. The van der Waals surface area contributed by atoms with Crippen molar-refractivity contribution in [3.8, 4) is 0 Å². The molecule has 0 radical (unpaired) electrons. The van der Waals surface area contributed by atoms with Gasteiger partial charge in [-0.25, -0.2) is 0 Å². The lowest BCUT2D eigenvalue weighted by atomic mass is 9.69. The molecule has 2 saturated carbocycles. The van der Waals surface area contributed by atoms with E-state index in [2.05, 4.69) is 42.0 Å². The van der Waals surface area contributed by atoms with E-state index in [4.69, 9.17) is 23.2 Å². The third-order valence-electron chi connectivity index (χ3n) is 6.16. The van der Waals surface area contributed by atoms with Crippen LogP contribution in [0.2, 0.25) is 10.0 Å². The molecule has 4 heteroatoms. The lowest BCUT2D eigenvalue weighted by Crippen LogP contribution is -2.40. The Morgan fingerprint density at radius 2 is 1.90 bits per heavy atom. The van der Waals surface area contributed by atoms with Crippen molar-refractivity contribution in [1.29, 1.82) is 0 Å². The molecule has 3 rings (SSSR count). The van der Waals surface area contributed by atoms with Crippen molar-refractivity contribution in [3.63, 3.8) is 0 Å². The molecule has 3 atom stereocenters. The standard InChI is InChI=1S/C16H20BrCl2N/c1-15(2)9-6-7-16(15,3)12(8-9)20-11-5-4-10(17)13(18)14(11)19/h4-5,9,12,20H,6-8H2,1-3H3. The number of hydrogen-bond acceptors (Lipinski definition) is 1. The normalized spacial score (nSPS) is 34.5. The Morgan fingerprint density at radius 3 is 2.45 bits per heavy atom. The molecule has 2 bridgehead atoms. The molecule has 0 amide bonds. The van der Waals surface area contributed by atoms with Crippen molar-refractivity contribution < 1.29 is 0 Å². The Bertz CT molecular complexity index is 558. The molecule has 1 N–H and O–H groups in total. The Kier molecular flexibility index (Phi) is 3.59. The van der Waals surface area contributed by atoms with Crippen LogP contribution in [0.15, 0.2) is 16.6 Å². The van der Waals surface area contributed by atoms with Crippen LogP contribution < -0.4 is 5.32 Å². The monoisotopic (exact) mass is 375 g/mol. The van der Waals surface area contributed by atoms with Crippen LogP contribution in [0.1, 0.15) is 40.0 Å². The van der Waals surface area contributed by atoms with E-state index in [1.165, 1.54) is 19.3 Å². The van der Waals surface area contributed by atoms with Gasteiger partial charge in [0.1, 0.15) is 0 Å². The van der Waals surface area contributed by atoms with Gasteiger partial charge in [-0.2, -0.15) is 0 Å². The van der Waals surface area contributed by atoms with Gasteiger partial charge >= 0.3 is 0 Å². The van der Waals surface area contributed by atoms with E-state index in [9.17, 15) is 0 Å². The molecular formula is C16H20BrCl2N. The second-order valence-corrected chi connectivity index (χ2v) is 8.64. The highest BCUT2D eigenvalue weighted by Crippen LogP contribution is 2.66. The van der Waals surface area contributed by atoms with Crippen molar-refractivity contribution >= 4 is 44.8 Å². The number of rotatable bonds is 2. The smallest absolute Gasteiger partial charge is 0.0835 e. The molecule has 0 aliphatic heterocycles. The van der Waals surface area contributed by atoms with Gasteiger partial charge in [-0.3, -0.25) is 0 Å². The van der Waals surface area contributed by atoms with E-state index >= 15 is 0 Å². The first kappa shape index (κ1) is 15.0. The van der Waals surface area contributed by atoms with Gasteiger partial charge in [0.05, 0.1) is 15.7 Å². The van der Waals surface area contributed by atoms with Crippen LogP contribution in [0.4, 0.5) is 5.69 Å². The average Bonchev–Trinajstić information content (AvgIpc) is 2.72. The summed E-state index contributed by atoms with van der Waals surface area (Å²) in [4.78, 5) is 0.